The smallest absolute Gasteiger partial charge is 0.233 e. The highest BCUT2D eigenvalue weighted by Gasteiger charge is 2.60. The van der Waals surface area contributed by atoms with Crippen LogP contribution in [0.25, 0.3) is 0 Å². The Morgan fingerprint density at radius 2 is 1.91 bits per heavy atom. The Morgan fingerprint density at radius 1 is 1.30 bits per heavy atom. The van der Waals surface area contributed by atoms with Gasteiger partial charge < -0.3 is 9.84 Å². The molecule has 5 atom stereocenters. The van der Waals surface area contributed by atoms with Crippen molar-refractivity contribution in [1.82, 2.24) is 4.90 Å². The number of ether oxygens (including phenoxy) is 1. The molecule has 1 N–H and O–H groups in total. The highest BCUT2D eigenvalue weighted by molar-refractivity contribution is 6.06. The predicted molar refractivity (Wildman–Crippen MR) is 85.3 cm³/mol. The average molecular weight is 319 g/mol. The van der Waals surface area contributed by atoms with E-state index in [4.69, 9.17) is 9.84 Å². The number of carbonyl (C=O) groups excluding carboxylic acids is 2. The fraction of sp³-hybridized carbons (Fsp3) is 0.667. The molecular formula is C18H25NO4. The van der Waals surface area contributed by atoms with Crippen LogP contribution in [0.4, 0.5) is 0 Å². The zero-order valence-electron chi connectivity index (χ0n) is 13.6. The summed E-state index contributed by atoms with van der Waals surface area (Å²) in [4.78, 5) is 27.2. The maximum Gasteiger partial charge on any atom is 0.233 e. The number of amides is 2. The van der Waals surface area contributed by atoms with Gasteiger partial charge in [0.05, 0.1) is 25.0 Å². The molecule has 126 valence electrons. The number of imide groups is 1. The summed E-state index contributed by atoms with van der Waals surface area (Å²) in [5.74, 6) is 0.160. The molecular weight excluding hydrogens is 294 g/mol. The van der Waals surface area contributed by atoms with Crippen LogP contribution in [0, 0.1) is 23.7 Å². The molecule has 2 fully saturated rings. The van der Waals surface area contributed by atoms with Crippen LogP contribution in [-0.4, -0.2) is 47.7 Å². The Labute approximate surface area is 137 Å². The lowest BCUT2D eigenvalue weighted by Crippen LogP contribution is -2.42. The van der Waals surface area contributed by atoms with Gasteiger partial charge in [0.15, 0.2) is 0 Å². The second-order valence-corrected chi connectivity index (χ2v) is 6.99. The van der Waals surface area contributed by atoms with E-state index in [0.29, 0.717) is 19.4 Å². The maximum absolute atomic E-state index is 12.9. The number of carbonyl (C=O) groups is 2. The lowest BCUT2D eigenvalue weighted by Gasteiger charge is -2.28. The molecule has 5 heteroatoms. The molecule has 23 heavy (non-hydrogen) atoms. The molecule has 2 aliphatic carbocycles. The summed E-state index contributed by atoms with van der Waals surface area (Å²) < 4.78 is 5.33. The van der Waals surface area contributed by atoms with Gasteiger partial charge in [-0.15, -0.1) is 6.58 Å². The van der Waals surface area contributed by atoms with Crippen molar-refractivity contribution in [2.24, 2.45) is 23.7 Å². The number of nitrogens with zero attached hydrogens (tertiary/aromatic N) is 1. The van der Waals surface area contributed by atoms with E-state index < -0.39 is 0 Å². The maximum atomic E-state index is 12.9. The first-order valence-corrected chi connectivity index (χ1v) is 8.42. The number of allylic oxidation sites excluding steroid dienone is 2. The molecule has 3 aliphatic rings. The first-order chi connectivity index (χ1) is 11.0. The molecule has 5 nitrogen and oxygen atoms in total. The number of aliphatic hydroxyl groups is 1. The first kappa shape index (κ1) is 16.4. The number of fused-ring (bicyclic) bond motifs is 5. The van der Waals surface area contributed by atoms with Crippen molar-refractivity contribution in [2.45, 2.75) is 32.2 Å². The molecule has 0 radical (unpaired) electrons. The van der Waals surface area contributed by atoms with Crippen molar-refractivity contribution in [3.05, 3.63) is 24.3 Å². The van der Waals surface area contributed by atoms with Gasteiger partial charge in [-0.3, -0.25) is 14.5 Å². The number of likely N-dealkylation sites (tertiary alicyclic amines) is 1. The molecule has 0 aromatic rings. The summed E-state index contributed by atoms with van der Waals surface area (Å²) >= 11 is 0. The van der Waals surface area contributed by atoms with E-state index >= 15 is 0 Å². The summed E-state index contributed by atoms with van der Waals surface area (Å²) in [6.07, 6.45) is 6.37. The van der Waals surface area contributed by atoms with Crippen molar-refractivity contribution < 1.29 is 19.4 Å². The molecule has 3 rings (SSSR count). The lowest BCUT2D eigenvalue weighted by atomic mass is 9.85. The monoisotopic (exact) mass is 319 g/mol. The zero-order valence-corrected chi connectivity index (χ0v) is 13.6. The summed E-state index contributed by atoms with van der Waals surface area (Å²) in [5, 5.41) is 8.78. The topological polar surface area (TPSA) is 66.8 Å². The molecule has 2 amide bonds. The molecule has 0 aromatic heterocycles. The third-order valence-corrected chi connectivity index (χ3v) is 5.28. The van der Waals surface area contributed by atoms with Crippen molar-refractivity contribution in [3.8, 4) is 0 Å². The number of hydrogen-bond acceptors (Lipinski definition) is 4. The van der Waals surface area contributed by atoms with Crippen LogP contribution in [0.15, 0.2) is 24.3 Å². The van der Waals surface area contributed by atoms with E-state index in [0.717, 1.165) is 12.0 Å². The van der Waals surface area contributed by atoms with Crippen LogP contribution in [0.2, 0.25) is 0 Å². The van der Waals surface area contributed by atoms with Gasteiger partial charge in [0.25, 0.3) is 0 Å². The van der Waals surface area contributed by atoms with Gasteiger partial charge in [-0.25, -0.2) is 0 Å². The number of hydrogen-bond donors (Lipinski definition) is 1. The highest BCUT2D eigenvalue weighted by Crippen LogP contribution is 2.53. The molecule has 1 heterocycles. The molecule has 1 aliphatic heterocycles. The van der Waals surface area contributed by atoms with Crippen LogP contribution in [-0.2, 0) is 14.3 Å². The molecule has 2 bridgehead atoms. The molecule has 5 unspecified atom stereocenters. The van der Waals surface area contributed by atoms with E-state index in [9.17, 15) is 9.59 Å². The van der Waals surface area contributed by atoms with Crippen LogP contribution in [0.3, 0.4) is 0 Å². The minimum Gasteiger partial charge on any atom is -0.394 e. The minimum absolute atomic E-state index is 0.00902. The number of aliphatic hydroxyl groups excluding tert-OH is 1. The SMILES string of the molecule is C=C(C)CC(CCOCCO)N1C(=O)C2C3C=CC(C3)C2C1=O. The Balaban J connectivity index is 1.73. The highest BCUT2D eigenvalue weighted by atomic mass is 16.5. The molecule has 0 spiro atoms. The average Bonchev–Trinajstić information content (AvgIpc) is 3.16. The van der Waals surface area contributed by atoms with Crippen LogP contribution in [0.5, 0.6) is 0 Å². The van der Waals surface area contributed by atoms with E-state index in [2.05, 4.69) is 18.7 Å². The third kappa shape index (κ3) is 2.88. The summed E-state index contributed by atoms with van der Waals surface area (Å²) in [6.45, 7) is 6.53. The largest absolute Gasteiger partial charge is 0.394 e. The quantitative estimate of drug-likeness (QED) is 0.418. The van der Waals surface area contributed by atoms with Crippen LogP contribution < -0.4 is 0 Å². The van der Waals surface area contributed by atoms with Gasteiger partial charge in [-0.1, -0.05) is 17.7 Å². The third-order valence-electron chi connectivity index (χ3n) is 5.28. The minimum atomic E-state index is -0.184. The zero-order chi connectivity index (χ0) is 16.6. The summed E-state index contributed by atoms with van der Waals surface area (Å²) in [7, 11) is 0. The summed E-state index contributed by atoms with van der Waals surface area (Å²) in [5.41, 5.74) is 0.955. The summed E-state index contributed by atoms with van der Waals surface area (Å²) in [6, 6.07) is -0.184. The van der Waals surface area contributed by atoms with Crippen molar-refractivity contribution >= 4 is 11.8 Å². The Morgan fingerprint density at radius 3 is 2.43 bits per heavy atom. The van der Waals surface area contributed by atoms with E-state index in [1.54, 1.807) is 0 Å². The fourth-order valence-electron chi connectivity index (χ4n) is 4.40. The second kappa shape index (κ2) is 6.57. The van der Waals surface area contributed by atoms with E-state index in [-0.39, 0.29) is 54.7 Å². The molecule has 1 saturated heterocycles. The Kier molecular flexibility index (Phi) is 4.69. The Bertz CT molecular complexity index is 511. The predicted octanol–water partition coefficient (Wildman–Crippen LogP) is 1.53. The van der Waals surface area contributed by atoms with Gasteiger partial charge in [0, 0.05) is 12.6 Å². The van der Waals surface area contributed by atoms with Gasteiger partial charge in [0.1, 0.15) is 0 Å². The molecule has 1 saturated carbocycles. The van der Waals surface area contributed by atoms with E-state index in [1.165, 1.54) is 4.90 Å². The first-order valence-electron chi connectivity index (χ1n) is 8.42. The van der Waals surface area contributed by atoms with Crippen molar-refractivity contribution in [3.63, 3.8) is 0 Å². The fourth-order valence-corrected chi connectivity index (χ4v) is 4.40. The second-order valence-electron chi connectivity index (χ2n) is 6.99. The normalized spacial score (nSPS) is 32.7. The van der Waals surface area contributed by atoms with Crippen LogP contribution >= 0.6 is 0 Å². The number of rotatable bonds is 8. The Hall–Kier alpha value is -1.46. The lowest BCUT2D eigenvalue weighted by molar-refractivity contribution is -0.143. The van der Waals surface area contributed by atoms with Gasteiger partial charge >= 0.3 is 0 Å². The van der Waals surface area contributed by atoms with E-state index in [1.807, 2.05) is 6.92 Å². The van der Waals surface area contributed by atoms with Crippen LogP contribution in [0.1, 0.15) is 26.2 Å². The van der Waals surface area contributed by atoms with Gasteiger partial charge in [0.2, 0.25) is 11.8 Å². The standard InChI is InChI=1S/C18H25NO4/c1-11(2)9-14(5-7-23-8-6-20)19-17(21)15-12-3-4-13(10-12)16(15)18(19)22/h3-4,12-16,20H,1,5-10H2,2H3. The van der Waals surface area contributed by atoms with Gasteiger partial charge in [-0.05, 0) is 38.0 Å². The van der Waals surface area contributed by atoms with Crippen molar-refractivity contribution in [1.29, 1.82) is 0 Å². The molecule has 0 aromatic carbocycles. The van der Waals surface area contributed by atoms with Gasteiger partial charge in [-0.2, -0.15) is 0 Å². The van der Waals surface area contributed by atoms with Crippen molar-refractivity contribution in [2.75, 3.05) is 19.8 Å².